The molecule has 0 aliphatic heterocycles. The van der Waals surface area contributed by atoms with Crippen LogP contribution in [0.15, 0.2) is 30.3 Å². The fourth-order valence-electron chi connectivity index (χ4n) is 0.926. The van der Waals surface area contributed by atoms with Crippen LogP contribution in [0.2, 0.25) is 0 Å². The summed E-state index contributed by atoms with van der Waals surface area (Å²) in [4.78, 5) is 0. The van der Waals surface area contributed by atoms with Crippen LogP contribution in [0.4, 0.5) is 0 Å². The van der Waals surface area contributed by atoms with Crippen LogP contribution >= 0.6 is 11.7 Å². The molecule has 0 aliphatic carbocycles. The van der Waals surface area contributed by atoms with Crippen LogP contribution in [0.1, 0.15) is 5.82 Å². The Labute approximate surface area is 74.6 Å². The van der Waals surface area contributed by atoms with Crippen molar-refractivity contribution in [3.8, 4) is 5.69 Å². The number of hydrogen-bond acceptors (Lipinski definition) is 3. The summed E-state index contributed by atoms with van der Waals surface area (Å²) >= 11 is 1.36. The van der Waals surface area contributed by atoms with Crippen LogP contribution in [0.3, 0.4) is 0 Å². The molecule has 0 saturated carbocycles. The molecule has 1 heterocycles. The van der Waals surface area contributed by atoms with Crippen molar-refractivity contribution >= 4 is 11.7 Å². The molecule has 0 amide bonds. The van der Waals surface area contributed by atoms with Crippen molar-refractivity contribution in [3.05, 3.63) is 36.2 Å². The third kappa shape index (κ3) is 1.33. The van der Waals surface area contributed by atoms with Crippen molar-refractivity contribution in [1.29, 1.82) is 0 Å². The summed E-state index contributed by atoms with van der Waals surface area (Å²) in [6.45, 7) is 1.88. The summed E-state index contributed by atoms with van der Waals surface area (Å²) in [6, 6.07) is 9.96. The van der Waals surface area contributed by atoms with Gasteiger partial charge in [-0.15, -0.1) is 0 Å². The SMILES string of the molecule is Cc1ns[n+](-c2ccccc2)n1. The number of rotatable bonds is 1. The smallest absolute Gasteiger partial charge is 0.0620 e. The van der Waals surface area contributed by atoms with E-state index < -0.39 is 0 Å². The van der Waals surface area contributed by atoms with Gasteiger partial charge in [0, 0.05) is 11.3 Å². The van der Waals surface area contributed by atoms with Gasteiger partial charge < -0.3 is 0 Å². The third-order valence-corrected chi connectivity index (χ3v) is 2.26. The van der Waals surface area contributed by atoms with Crippen molar-refractivity contribution in [2.45, 2.75) is 6.92 Å². The molecule has 0 spiro atoms. The lowest BCUT2D eigenvalue weighted by atomic mass is 10.3. The van der Waals surface area contributed by atoms with Crippen LogP contribution in [-0.4, -0.2) is 9.47 Å². The second kappa shape index (κ2) is 2.98. The van der Waals surface area contributed by atoms with Gasteiger partial charge in [-0.2, -0.15) is 0 Å². The summed E-state index contributed by atoms with van der Waals surface area (Å²) in [5, 5.41) is 4.20. The average molecular weight is 178 g/mol. The Hall–Kier alpha value is -1.29. The van der Waals surface area contributed by atoms with Crippen LogP contribution < -0.4 is 4.07 Å². The van der Waals surface area contributed by atoms with E-state index in [0.717, 1.165) is 11.5 Å². The van der Waals surface area contributed by atoms with Crippen molar-refractivity contribution < 1.29 is 4.07 Å². The first kappa shape index (κ1) is 7.36. The fraction of sp³-hybridized carbons (Fsp3) is 0.125. The number of benzene rings is 1. The molecule has 0 saturated heterocycles. The molecule has 0 aliphatic rings. The minimum Gasteiger partial charge on any atom is -0.0620 e. The monoisotopic (exact) mass is 178 g/mol. The van der Waals surface area contributed by atoms with Gasteiger partial charge in [0.25, 0.3) is 5.82 Å². The highest BCUT2D eigenvalue weighted by Gasteiger charge is 2.09. The summed E-state index contributed by atoms with van der Waals surface area (Å²) in [6.07, 6.45) is 0. The quantitative estimate of drug-likeness (QED) is 0.612. The molecule has 2 aromatic rings. The molecule has 1 aromatic carbocycles. The van der Waals surface area contributed by atoms with Gasteiger partial charge >= 0.3 is 11.7 Å². The Kier molecular flexibility index (Phi) is 1.83. The first-order chi connectivity index (χ1) is 5.86. The molecule has 0 fully saturated rings. The highest BCUT2D eigenvalue weighted by atomic mass is 32.1. The van der Waals surface area contributed by atoms with Gasteiger partial charge in [-0.25, -0.2) is 0 Å². The van der Waals surface area contributed by atoms with E-state index in [1.165, 1.54) is 11.7 Å². The van der Waals surface area contributed by atoms with Crippen molar-refractivity contribution in [3.63, 3.8) is 0 Å². The maximum atomic E-state index is 4.20. The van der Waals surface area contributed by atoms with Gasteiger partial charge in [0.1, 0.15) is 0 Å². The van der Waals surface area contributed by atoms with Gasteiger partial charge in [0.15, 0.2) is 5.69 Å². The van der Waals surface area contributed by atoms with E-state index in [-0.39, 0.29) is 0 Å². The van der Waals surface area contributed by atoms with E-state index in [4.69, 9.17) is 0 Å². The number of aryl methyl sites for hydroxylation is 1. The van der Waals surface area contributed by atoms with E-state index in [9.17, 15) is 0 Å². The number of aromatic nitrogens is 3. The fourth-order valence-corrected chi connectivity index (χ4v) is 1.53. The second-order valence-electron chi connectivity index (χ2n) is 2.43. The molecule has 4 heteroatoms. The molecule has 60 valence electrons. The highest BCUT2D eigenvalue weighted by molar-refractivity contribution is 6.94. The minimum absolute atomic E-state index is 0.809. The molecule has 0 atom stereocenters. The summed E-state index contributed by atoms with van der Waals surface area (Å²) < 4.78 is 5.89. The first-order valence-electron chi connectivity index (χ1n) is 3.65. The van der Waals surface area contributed by atoms with E-state index >= 15 is 0 Å². The summed E-state index contributed by atoms with van der Waals surface area (Å²) in [5.41, 5.74) is 1.06. The van der Waals surface area contributed by atoms with Crippen molar-refractivity contribution in [2.24, 2.45) is 0 Å². The van der Waals surface area contributed by atoms with Gasteiger partial charge in [-0.1, -0.05) is 18.2 Å². The Morgan fingerprint density at radius 3 is 2.58 bits per heavy atom. The van der Waals surface area contributed by atoms with Gasteiger partial charge in [-0.05, 0) is 21.3 Å². The molecule has 0 radical (unpaired) electrons. The van der Waals surface area contributed by atoms with Crippen LogP contribution in [0.25, 0.3) is 5.69 Å². The van der Waals surface area contributed by atoms with Crippen LogP contribution in [0.5, 0.6) is 0 Å². The van der Waals surface area contributed by atoms with E-state index in [0.29, 0.717) is 0 Å². The van der Waals surface area contributed by atoms with Gasteiger partial charge in [-0.3, -0.25) is 0 Å². The van der Waals surface area contributed by atoms with E-state index in [1.54, 1.807) is 4.07 Å². The molecule has 1 aromatic heterocycles. The first-order valence-corrected chi connectivity index (χ1v) is 4.38. The zero-order valence-electron chi connectivity index (χ0n) is 6.64. The Balaban J connectivity index is 2.45. The zero-order valence-corrected chi connectivity index (χ0v) is 7.45. The predicted octanol–water partition coefficient (Wildman–Crippen LogP) is 1.12. The van der Waals surface area contributed by atoms with Gasteiger partial charge in [0.2, 0.25) is 0 Å². The third-order valence-electron chi connectivity index (χ3n) is 1.46. The number of nitrogens with zero attached hydrogens (tertiary/aromatic N) is 3. The van der Waals surface area contributed by atoms with Gasteiger partial charge in [0.05, 0.1) is 0 Å². The molecule has 0 unspecified atom stereocenters. The number of para-hydroxylation sites is 1. The Bertz CT molecular complexity index is 369. The molecule has 0 N–H and O–H groups in total. The lowest BCUT2D eigenvalue weighted by molar-refractivity contribution is -0.588. The highest BCUT2D eigenvalue weighted by Crippen LogP contribution is 1.97. The average Bonchev–Trinajstić information content (AvgIpc) is 2.54. The standard InChI is InChI=1S/C8H8N3S/c1-7-9-11(12-10-7)8-5-3-2-4-6-8/h2-6H,1H3/q+1. The largest absolute Gasteiger partial charge is 0.307 e. The lowest BCUT2D eigenvalue weighted by Crippen LogP contribution is -2.28. The Morgan fingerprint density at radius 1 is 1.25 bits per heavy atom. The molecular weight excluding hydrogens is 170 g/mol. The molecule has 12 heavy (non-hydrogen) atoms. The number of hydrogen-bond donors (Lipinski definition) is 0. The normalized spacial score (nSPS) is 10.1. The molecule has 0 bridgehead atoms. The summed E-state index contributed by atoms with van der Waals surface area (Å²) in [5.74, 6) is 0.809. The predicted molar refractivity (Wildman–Crippen MR) is 46.2 cm³/mol. The van der Waals surface area contributed by atoms with Crippen LogP contribution in [-0.2, 0) is 0 Å². The van der Waals surface area contributed by atoms with Crippen molar-refractivity contribution in [1.82, 2.24) is 9.47 Å². The minimum atomic E-state index is 0.809. The lowest BCUT2D eigenvalue weighted by Gasteiger charge is -1.86. The molecule has 2 rings (SSSR count). The maximum Gasteiger partial charge on any atom is 0.307 e. The molecular formula is C8H8N3S+. The van der Waals surface area contributed by atoms with E-state index in [1.807, 2.05) is 37.3 Å². The summed E-state index contributed by atoms with van der Waals surface area (Å²) in [7, 11) is 0. The second-order valence-corrected chi connectivity index (χ2v) is 3.12. The van der Waals surface area contributed by atoms with Crippen LogP contribution in [0, 0.1) is 6.92 Å². The topological polar surface area (TPSA) is 29.7 Å². The zero-order chi connectivity index (χ0) is 8.39. The molecule has 3 nitrogen and oxygen atoms in total. The van der Waals surface area contributed by atoms with Crippen molar-refractivity contribution in [2.75, 3.05) is 0 Å². The maximum absolute atomic E-state index is 4.20. The van der Waals surface area contributed by atoms with E-state index in [2.05, 4.69) is 9.47 Å². The Morgan fingerprint density at radius 2 is 2.00 bits per heavy atom.